The molecule has 1 aliphatic heterocycles. The molecule has 1 aromatic rings. The maximum atomic E-state index is 12.8. The highest BCUT2D eigenvalue weighted by Gasteiger charge is 2.59. The smallest absolute Gasteiger partial charge is 0.338 e. The van der Waals surface area contributed by atoms with Crippen molar-refractivity contribution in [3.8, 4) is 0 Å². The molecule has 6 heteroatoms. The van der Waals surface area contributed by atoms with E-state index in [0.29, 0.717) is 16.3 Å². The summed E-state index contributed by atoms with van der Waals surface area (Å²) in [5.41, 5.74) is 0.859. The zero-order chi connectivity index (χ0) is 18.4. The number of hydrogen-bond acceptors (Lipinski definition) is 4. The largest absolute Gasteiger partial charge is 0.458 e. The van der Waals surface area contributed by atoms with Gasteiger partial charge in [-0.3, -0.25) is 14.5 Å². The van der Waals surface area contributed by atoms with Crippen molar-refractivity contribution in [1.29, 1.82) is 0 Å². The van der Waals surface area contributed by atoms with Crippen LogP contribution in [0.4, 0.5) is 5.69 Å². The van der Waals surface area contributed by atoms with E-state index in [1.54, 1.807) is 37.3 Å². The molecule has 2 fully saturated rings. The van der Waals surface area contributed by atoms with Gasteiger partial charge in [-0.25, -0.2) is 4.79 Å². The fraction of sp³-hybridized carbons (Fsp3) is 0.350. The van der Waals surface area contributed by atoms with Crippen LogP contribution in [0.2, 0.25) is 0 Å². The van der Waals surface area contributed by atoms with Crippen LogP contribution in [-0.4, -0.2) is 24.4 Å². The van der Waals surface area contributed by atoms with Crippen molar-refractivity contribution in [3.05, 3.63) is 53.1 Å². The van der Waals surface area contributed by atoms with Gasteiger partial charge in [0.1, 0.15) is 6.61 Å². The van der Waals surface area contributed by atoms with Crippen molar-refractivity contribution in [3.63, 3.8) is 0 Å². The Morgan fingerprint density at radius 3 is 2.27 bits per heavy atom. The summed E-state index contributed by atoms with van der Waals surface area (Å²) < 4.78 is 5.09. The van der Waals surface area contributed by atoms with Crippen molar-refractivity contribution < 1.29 is 19.1 Å². The topological polar surface area (TPSA) is 63.7 Å². The second-order valence-electron chi connectivity index (χ2n) is 6.95. The second kappa shape index (κ2) is 6.40. The molecule has 134 valence electrons. The van der Waals surface area contributed by atoms with Crippen molar-refractivity contribution >= 4 is 35.1 Å². The number of halogens is 1. The molecule has 1 aromatic carbocycles. The van der Waals surface area contributed by atoms with Gasteiger partial charge < -0.3 is 4.74 Å². The fourth-order valence-electron chi connectivity index (χ4n) is 4.22. The third-order valence-corrected chi connectivity index (χ3v) is 5.56. The Morgan fingerprint density at radius 1 is 1.15 bits per heavy atom. The summed E-state index contributed by atoms with van der Waals surface area (Å²) in [6.07, 6.45) is 6.63. The monoisotopic (exact) mass is 371 g/mol. The van der Waals surface area contributed by atoms with Crippen LogP contribution in [0, 0.1) is 23.7 Å². The second-order valence-corrected chi connectivity index (χ2v) is 7.54. The predicted octanol–water partition coefficient (Wildman–Crippen LogP) is 3.30. The number of amides is 2. The molecular weight excluding hydrogens is 354 g/mol. The number of hydrogen-bond donors (Lipinski definition) is 0. The third kappa shape index (κ3) is 2.67. The molecule has 0 unspecified atom stereocenters. The molecule has 5 nitrogen and oxygen atoms in total. The number of esters is 1. The Kier molecular flexibility index (Phi) is 4.19. The van der Waals surface area contributed by atoms with Gasteiger partial charge in [-0.15, -0.1) is 0 Å². The molecule has 0 N–H and O–H groups in total. The Morgan fingerprint density at radius 2 is 1.73 bits per heavy atom. The molecule has 2 amide bonds. The Balaban J connectivity index is 1.49. The number of benzene rings is 1. The first kappa shape index (κ1) is 17.0. The van der Waals surface area contributed by atoms with Gasteiger partial charge in [0.25, 0.3) is 0 Å². The number of rotatable bonds is 4. The molecule has 26 heavy (non-hydrogen) atoms. The molecule has 0 aromatic heterocycles. The number of nitrogens with zero attached hydrogens (tertiary/aromatic N) is 1. The summed E-state index contributed by atoms with van der Waals surface area (Å²) in [7, 11) is 0. The molecule has 0 radical (unpaired) electrons. The van der Waals surface area contributed by atoms with Gasteiger partial charge in [-0.05, 0) is 55.5 Å². The van der Waals surface area contributed by atoms with E-state index in [2.05, 4.69) is 12.2 Å². The molecule has 2 aliphatic carbocycles. The van der Waals surface area contributed by atoms with Gasteiger partial charge in [0.05, 0.1) is 23.1 Å². The van der Waals surface area contributed by atoms with Crippen LogP contribution in [0.3, 0.4) is 0 Å². The van der Waals surface area contributed by atoms with Gasteiger partial charge in [0.15, 0.2) is 0 Å². The maximum absolute atomic E-state index is 12.8. The van der Waals surface area contributed by atoms with Crippen LogP contribution in [0.1, 0.15) is 23.7 Å². The van der Waals surface area contributed by atoms with E-state index in [1.807, 2.05) is 0 Å². The summed E-state index contributed by atoms with van der Waals surface area (Å²) in [5.74, 6) is -0.840. The molecular formula is C20H18ClNO4. The van der Waals surface area contributed by atoms with Crippen LogP contribution >= 0.6 is 11.6 Å². The fourth-order valence-corrected chi connectivity index (χ4v) is 4.28. The molecule has 3 aliphatic rings. The highest BCUT2D eigenvalue weighted by molar-refractivity contribution is 6.29. The summed E-state index contributed by atoms with van der Waals surface area (Å²) in [6.45, 7) is 1.80. The first-order chi connectivity index (χ1) is 12.5. The molecule has 1 saturated heterocycles. The van der Waals surface area contributed by atoms with E-state index < -0.39 is 5.97 Å². The van der Waals surface area contributed by atoms with E-state index in [1.165, 1.54) is 4.90 Å². The lowest BCUT2D eigenvalue weighted by molar-refractivity contribution is -0.123. The minimum absolute atomic E-state index is 0.0954. The number of ether oxygens (including phenoxy) is 1. The lowest BCUT2D eigenvalue weighted by atomic mass is 9.85. The van der Waals surface area contributed by atoms with Gasteiger partial charge in [0, 0.05) is 5.03 Å². The van der Waals surface area contributed by atoms with Crippen LogP contribution < -0.4 is 4.90 Å². The van der Waals surface area contributed by atoms with Crippen LogP contribution in [0.25, 0.3) is 0 Å². The quantitative estimate of drug-likeness (QED) is 0.463. The van der Waals surface area contributed by atoms with Crippen molar-refractivity contribution in [2.45, 2.75) is 13.3 Å². The van der Waals surface area contributed by atoms with E-state index in [9.17, 15) is 14.4 Å². The summed E-state index contributed by atoms with van der Waals surface area (Å²) in [4.78, 5) is 38.8. The van der Waals surface area contributed by atoms with Gasteiger partial charge in [0.2, 0.25) is 11.8 Å². The number of anilines is 1. The maximum Gasteiger partial charge on any atom is 0.338 e. The lowest BCUT2D eigenvalue weighted by Crippen LogP contribution is -2.32. The number of carbonyl (C=O) groups excluding carboxylic acids is 3. The number of allylic oxidation sites excluding steroid dienone is 3. The average molecular weight is 372 g/mol. The standard InChI is InChI=1S/C20H18ClNO4/c1-11(21)8-9-26-20(25)12-4-6-15(7-5-12)22-18(23)16-13-2-3-14(10-13)17(16)19(22)24/h2-8,13-14,16-17H,9-10H2,1H3/b11-8-/t13-,14-,16-,17+/m1/s1. The molecule has 1 heterocycles. The molecule has 2 bridgehead atoms. The third-order valence-electron chi connectivity index (χ3n) is 5.41. The highest BCUT2D eigenvalue weighted by atomic mass is 35.5. The van der Waals surface area contributed by atoms with Crippen molar-refractivity contribution in [2.75, 3.05) is 11.5 Å². The van der Waals surface area contributed by atoms with Crippen molar-refractivity contribution in [1.82, 2.24) is 0 Å². The summed E-state index contributed by atoms with van der Waals surface area (Å²) in [5, 5.41) is 0.549. The normalized spacial score (nSPS) is 29.5. The van der Waals surface area contributed by atoms with E-state index in [0.717, 1.165) is 6.42 Å². The summed E-state index contributed by atoms with van der Waals surface area (Å²) >= 11 is 5.69. The Bertz CT molecular complexity index is 808. The molecule has 4 atom stereocenters. The van der Waals surface area contributed by atoms with Gasteiger partial charge >= 0.3 is 5.97 Å². The summed E-state index contributed by atoms with van der Waals surface area (Å²) in [6, 6.07) is 6.36. The predicted molar refractivity (Wildman–Crippen MR) is 96.5 cm³/mol. The van der Waals surface area contributed by atoms with Crippen molar-refractivity contribution in [2.24, 2.45) is 23.7 Å². The zero-order valence-electron chi connectivity index (χ0n) is 14.2. The first-order valence-corrected chi connectivity index (χ1v) is 9.01. The minimum atomic E-state index is -0.482. The van der Waals surface area contributed by atoms with Crippen LogP contribution in [0.5, 0.6) is 0 Å². The SMILES string of the molecule is C/C(Cl)=C/COC(=O)c1ccc(N2C(=O)[C@@H]3[C@H](C2=O)[C@@H]2C=C[C@@H]3C2)cc1. The number of fused-ring (bicyclic) bond motifs is 5. The molecule has 0 spiro atoms. The number of imide groups is 1. The molecule has 1 saturated carbocycles. The Labute approximate surface area is 156 Å². The first-order valence-electron chi connectivity index (χ1n) is 8.63. The average Bonchev–Trinajstić information content (AvgIpc) is 3.29. The van der Waals surface area contributed by atoms with E-state index in [4.69, 9.17) is 16.3 Å². The van der Waals surface area contributed by atoms with Crippen LogP contribution in [-0.2, 0) is 14.3 Å². The van der Waals surface area contributed by atoms with Gasteiger partial charge in [-0.1, -0.05) is 23.8 Å². The van der Waals surface area contributed by atoms with Crippen LogP contribution in [0.15, 0.2) is 47.5 Å². The minimum Gasteiger partial charge on any atom is -0.458 e. The molecule has 4 rings (SSSR count). The highest BCUT2D eigenvalue weighted by Crippen LogP contribution is 2.53. The Hall–Kier alpha value is -2.40. The zero-order valence-corrected chi connectivity index (χ0v) is 15.0. The van der Waals surface area contributed by atoms with E-state index >= 15 is 0 Å². The van der Waals surface area contributed by atoms with Gasteiger partial charge in [-0.2, -0.15) is 0 Å². The van der Waals surface area contributed by atoms with E-state index in [-0.39, 0.29) is 42.1 Å². The number of carbonyl (C=O) groups is 3. The lowest BCUT2D eigenvalue weighted by Gasteiger charge is -2.17.